The van der Waals surface area contributed by atoms with Crippen molar-refractivity contribution < 1.29 is 28.6 Å². The first-order chi connectivity index (χ1) is 10.1. The van der Waals surface area contributed by atoms with Crippen LogP contribution in [0.2, 0.25) is 0 Å². The van der Waals surface area contributed by atoms with E-state index in [0.29, 0.717) is 17.7 Å². The summed E-state index contributed by atoms with van der Waals surface area (Å²) in [5.74, 6) is -1.11. The van der Waals surface area contributed by atoms with Gasteiger partial charge in [0, 0.05) is 12.5 Å². The molecule has 21 heavy (non-hydrogen) atoms. The van der Waals surface area contributed by atoms with Crippen LogP contribution < -0.4 is 4.74 Å². The molecule has 1 aromatic rings. The third kappa shape index (κ3) is 5.90. The molecular formula is C15H16O6. The smallest absolute Gasteiger partial charge is 0.337 e. The molecule has 0 atom stereocenters. The quantitative estimate of drug-likeness (QED) is 0.330. The number of esters is 3. The van der Waals surface area contributed by atoms with E-state index in [9.17, 15) is 14.4 Å². The van der Waals surface area contributed by atoms with Gasteiger partial charge in [-0.2, -0.15) is 0 Å². The lowest BCUT2D eigenvalue weighted by Crippen LogP contribution is -2.10. The van der Waals surface area contributed by atoms with Gasteiger partial charge >= 0.3 is 17.9 Å². The zero-order chi connectivity index (χ0) is 15.7. The van der Waals surface area contributed by atoms with Gasteiger partial charge in [-0.25, -0.2) is 9.59 Å². The molecule has 1 aromatic carbocycles. The second-order valence-electron chi connectivity index (χ2n) is 3.97. The summed E-state index contributed by atoms with van der Waals surface area (Å²) in [6.07, 6.45) is 1.53. The number of carbonyl (C=O) groups excluding carboxylic acids is 3. The Morgan fingerprint density at radius 2 is 1.86 bits per heavy atom. The Kier molecular flexibility index (Phi) is 6.67. The summed E-state index contributed by atoms with van der Waals surface area (Å²) in [6, 6.07) is 6.00. The molecule has 0 spiro atoms. The van der Waals surface area contributed by atoms with Gasteiger partial charge in [-0.05, 0) is 30.7 Å². The van der Waals surface area contributed by atoms with Gasteiger partial charge in [0.25, 0.3) is 0 Å². The summed E-state index contributed by atoms with van der Waals surface area (Å²) in [7, 11) is 1.29. The fourth-order valence-electron chi connectivity index (χ4n) is 1.41. The summed E-state index contributed by atoms with van der Waals surface area (Å²) < 4.78 is 14.4. The predicted octanol–water partition coefficient (Wildman–Crippen LogP) is 1.89. The highest BCUT2D eigenvalue weighted by Crippen LogP contribution is 2.13. The van der Waals surface area contributed by atoms with Crippen LogP contribution in [0.15, 0.2) is 36.9 Å². The molecule has 0 amide bonds. The Morgan fingerprint density at radius 1 is 1.19 bits per heavy atom. The van der Waals surface area contributed by atoms with Crippen molar-refractivity contribution in [1.82, 2.24) is 0 Å². The van der Waals surface area contributed by atoms with Crippen LogP contribution in [-0.2, 0) is 19.1 Å². The van der Waals surface area contributed by atoms with E-state index in [1.807, 2.05) is 0 Å². The maximum atomic E-state index is 11.5. The summed E-state index contributed by atoms with van der Waals surface area (Å²) in [5.41, 5.74) is 0.369. The van der Waals surface area contributed by atoms with Gasteiger partial charge in [-0.3, -0.25) is 4.79 Å². The van der Waals surface area contributed by atoms with Crippen molar-refractivity contribution in [2.24, 2.45) is 0 Å². The normalized spacial score (nSPS) is 9.57. The van der Waals surface area contributed by atoms with Crippen molar-refractivity contribution in [2.75, 3.05) is 13.7 Å². The molecule has 0 radical (unpaired) electrons. The molecule has 0 N–H and O–H groups in total. The van der Waals surface area contributed by atoms with Crippen LogP contribution in [0.3, 0.4) is 0 Å². The molecule has 6 heteroatoms. The van der Waals surface area contributed by atoms with Crippen LogP contribution in [0.25, 0.3) is 0 Å². The van der Waals surface area contributed by atoms with Crippen molar-refractivity contribution in [2.45, 2.75) is 12.8 Å². The van der Waals surface area contributed by atoms with Crippen LogP contribution >= 0.6 is 0 Å². The Labute approximate surface area is 122 Å². The molecule has 0 saturated heterocycles. The Bertz CT molecular complexity index is 517. The summed E-state index contributed by atoms with van der Waals surface area (Å²) in [5, 5.41) is 0. The van der Waals surface area contributed by atoms with Crippen molar-refractivity contribution in [3.8, 4) is 5.75 Å². The summed E-state index contributed by atoms with van der Waals surface area (Å²) in [4.78, 5) is 33.5. The first-order valence-corrected chi connectivity index (χ1v) is 6.25. The number of benzene rings is 1. The van der Waals surface area contributed by atoms with Crippen LogP contribution in [-0.4, -0.2) is 31.6 Å². The fourth-order valence-corrected chi connectivity index (χ4v) is 1.41. The van der Waals surface area contributed by atoms with Crippen LogP contribution in [0.1, 0.15) is 23.2 Å². The average molecular weight is 292 g/mol. The molecule has 0 aliphatic rings. The SMILES string of the molecule is C=CC(=O)OCCCC(=O)Oc1ccc(C(=O)OC)cc1. The molecule has 112 valence electrons. The van der Waals surface area contributed by atoms with Gasteiger partial charge < -0.3 is 14.2 Å². The second kappa shape index (κ2) is 8.52. The lowest BCUT2D eigenvalue weighted by Gasteiger charge is -2.05. The van der Waals surface area contributed by atoms with Gasteiger partial charge in [-0.1, -0.05) is 6.58 Å². The van der Waals surface area contributed by atoms with Gasteiger partial charge in [0.05, 0.1) is 19.3 Å². The van der Waals surface area contributed by atoms with Crippen LogP contribution in [0.5, 0.6) is 5.75 Å². The maximum absolute atomic E-state index is 11.5. The highest BCUT2D eigenvalue weighted by molar-refractivity contribution is 5.89. The highest BCUT2D eigenvalue weighted by atomic mass is 16.5. The van der Waals surface area contributed by atoms with Gasteiger partial charge in [0.2, 0.25) is 0 Å². The van der Waals surface area contributed by atoms with Crippen molar-refractivity contribution in [3.63, 3.8) is 0 Å². The van der Waals surface area contributed by atoms with Crippen molar-refractivity contribution >= 4 is 17.9 Å². The van der Waals surface area contributed by atoms with E-state index in [0.717, 1.165) is 6.08 Å². The zero-order valence-corrected chi connectivity index (χ0v) is 11.7. The highest BCUT2D eigenvalue weighted by Gasteiger charge is 2.08. The summed E-state index contributed by atoms with van der Waals surface area (Å²) >= 11 is 0. The molecule has 0 aliphatic carbocycles. The lowest BCUT2D eigenvalue weighted by atomic mass is 10.2. The van der Waals surface area contributed by atoms with E-state index in [1.165, 1.54) is 31.4 Å². The number of hydrogen-bond donors (Lipinski definition) is 0. The average Bonchev–Trinajstić information content (AvgIpc) is 2.51. The Balaban J connectivity index is 2.36. The number of hydrogen-bond acceptors (Lipinski definition) is 6. The van der Waals surface area contributed by atoms with E-state index in [2.05, 4.69) is 11.3 Å². The van der Waals surface area contributed by atoms with Gasteiger partial charge in [0.1, 0.15) is 5.75 Å². The van der Waals surface area contributed by atoms with Crippen molar-refractivity contribution in [3.05, 3.63) is 42.5 Å². The third-order valence-electron chi connectivity index (χ3n) is 2.44. The van der Waals surface area contributed by atoms with E-state index in [4.69, 9.17) is 9.47 Å². The molecule has 0 unspecified atom stereocenters. The van der Waals surface area contributed by atoms with E-state index in [1.54, 1.807) is 0 Å². The molecule has 6 nitrogen and oxygen atoms in total. The molecule has 0 bridgehead atoms. The van der Waals surface area contributed by atoms with Gasteiger partial charge in [-0.15, -0.1) is 0 Å². The van der Waals surface area contributed by atoms with Crippen LogP contribution in [0.4, 0.5) is 0 Å². The molecule has 0 heterocycles. The fraction of sp³-hybridized carbons (Fsp3) is 0.267. The number of ether oxygens (including phenoxy) is 3. The minimum absolute atomic E-state index is 0.114. The molecule has 0 aromatic heterocycles. The number of carbonyl (C=O) groups is 3. The topological polar surface area (TPSA) is 78.9 Å². The van der Waals surface area contributed by atoms with Crippen LogP contribution in [0, 0.1) is 0 Å². The van der Waals surface area contributed by atoms with E-state index in [-0.39, 0.29) is 13.0 Å². The monoisotopic (exact) mass is 292 g/mol. The largest absolute Gasteiger partial charge is 0.465 e. The minimum Gasteiger partial charge on any atom is -0.465 e. The molecule has 0 saturated carbocycles. The number of rotatable bonds is 7. The van der Waals surface area contributed by atoms with E-state index >= 15 is 0 Å². The Morgan fingerprint density at radius 3 is 2.43 bits per heavy atom. The van der Waals surface area contributed by atoms with Crippen molar-refractivity contribution in [1.29, 1.82) is 0 Å². The minimum atomic E-state index is -0.526. The first-order valence-electron chi connectivity index (χ1n) is 6.25. The zero-order valence-electron chi connectivity index (χ0n) is 11.7. The first kappa shape index (κ1) is 16.4. The number of methoxy groups -OCH3 is 1. The Hall–Kier alpha value is -2.63. The summed E-state index contributed by atoms with van der Waals surface area (Å²) in [6.45, 7) is 3.38. The maximum Gasteiger partial charge on any atom is 0.337 e. The molecular weight excluding hydrogens is 276 g/mol. The lowest BCUT2D eigenvalue weighted by molar-refractivity contribution is -0.140. The second-order valence-corrected chi connectivity index (χ2v) is 3.97. The standard InChI is InChI=1S/C15H16O6/c1-3-13(16)20-10-4-5-14(17)21-12-8-6-11(7-9-12)15(18)19-2/h3,6-9H,1,4-5,10H2,2H3. The third-order valence-corrected chi connectivity index (χ3v) is 2.44. The predicted molar refractivity (Wildman–Crippen MR) is 73.8 cm³/mol. The van der Waals surface area contributed by atoms with E-state index < -0.39 is 17.9 Å². The van der Waals surface area contributed by atoms with Gasteiger partial charge in [0.15, 0.2) is 0 Å². The molecule has 1 rings (SSSR count). The molecule has 0 fully saturated rings. The molecule has 0 aliphatic heterocycles.